The van der Waals surface area contributed by atoms with Crippen molar-refractivity contribution in [2.24, 2.45) is 0 Å². The first-order chi connectivity index (χ1) is 5.86. The molecule has 2 heterocycles. The van der Waals surface area contributed by atoms with Crippen LogP contribution < -0.4 is 5.73 Å². The molecule has 14 heavy (non-hydrogen) atoms. The minimum Gasteiger partial charge on any atom is -0.375 e. The lowest BCUT2D eigenvalue weighted by Crippen LogP contribution is -1.83. The molecule has 3 nitrogen and oxygen atoms in total. The van der Waals surface area contributed by atoms with Crippen LogP contribution in [0.15, 0.2) is 29.9 Å². The minimum absolute atomic E-state index is 0. The largest absolute Gasteiger partial charge is 0.375 e. The van der Waals surface area contributed by atoms with Crippen LogP contribution in [-0.4, -0.2) is 9.97 Å². The third kappa shape index (κ3) is 3.04. The average Bonchev–Trinajstić information content (AvgIpc) is 2.54. The van der Waals surface area contributed by atoms with Crippen LogP contribution in [-0.2, 0) is 0 Å². The van der Waals surface area contributed by atoms with Gasteiger partial charge in [-0.2, -0.15) is 0 Å². The van der Waals surface area contributed by atoms with Gasteiger partial charge in [-0.3, -0.25) is 4.98 Å². The normalized spacial score (nSPS) is 8.57. The van der Waals surface area contributed by atoms with Gasteiger partial charge >= 0.3 is 0 Å². The number of thiazole rings is 1. The Kier molecular flexibility index (Phi) is 5.90. The third-order valence-corrected chi connectivity index (χ3v) is 2.15. The third-order valence-electron chi connectivity index (χ3n) is 1.48. The Hall–Kier alpha value is -0.460. The molecule has 0 fully saturated rings. The fraction of sp³-hybridized carbons (Fsp3) is 0. The van der Waals surface area contributed by atoms with Gasteiger partial charge in [0.25, 0.3) is 0 Å². The fourth-order valence-electron chi connectivity index (χ4n) is 0.934. The summed E-state index contributed by atoms with van der Waals surface area (Å²) in [7, 11) is 0. The van der Waals surface area contributed by atoms with Crippen molar-refractivity contribution in [2.75, 3.05) is 5.73 Å². The monoisotopic (exact) mass is 337 g/mol. The van der Waals surface area contributed by atoms with Crippen LogP contribution in [0.2, 0.25) is 0 Å². The Balaban J connectivity index is 0.000000845. The summed E-state index contributed by atoms with van der Waals surface area (Å²) in [6.45, 7) is 0. The van der Waals surface area contributed by atoms with E-state index in [1.807, 2.05) is 17.5 Å². The number of halogens is 2. The van der Waals surface area contributed by atoms with E-state index in [0.29, 0.717) is 5.13 Å². The molecule has 0 atom stereocenters. The Morgan fingerprint density at radius 3 is 2.57 bits per heavy atom. The molecule has 0 amide bonds. The molecule has 0 saturated heterocycles. The van der Waals surface area contributed by atoms with Crippen LogP contribution in [0.25, 0.3) is 11.3 Å². The van der Waals surface area contributed by atoms with Gasteiger partial charge in [0, 0.05) is 23.3 Å². The molecule has 2 aromatic rings. The van der Waals surface area contributed by atoms with Gasteiger partial charge in [0.1, 0.15) is 0 Å². The molecule has 2 rings (SSSR count). The van der Waals surface area contributed by atoms with Crippen molar-refractivity contribution in [3.63, 3.8) is 0 Å². The highest BCUT2D eigenvalue weighted by atomic mass is 79.9. The van der Waals surface area contributed by atoms with Gasteiger partial charge in [-0.25, -0.2) is 4.98 Å². The lowest BCUT2D eigenvalue weighted by atomic mass is 10.2. The van der Waals surface area contributed by atoms with Crippen LogP contribution in [0.3, 0.4) is 0 Å². The summed E-state index contributed by atoms with van der Waals surface area (Å²) in [6, 6.07) is 3.84. The van der Waals surface area contributed by atoms with Gasteiger partial charge in [0.2, 0.25) is 0 Å². The summed E-state index contributed by atoms with van der Waals surface area (Å²) in [5.41, 5.74) is 7.40. The summed E-state index contributed by atoms with van der Waals surface area (Å²) >= 11 is 1.44. The second kappa shape index (κ2) is 6.10. The molecule has 2 aromatic heterocycles. The van der Waals surface area contributed by atoms with E-state index in [2.05, 4.69) is 9.97 Å². The topological polar surface area (TPSA) is 51.8 Å². The molecular formula is C8H9Br2N3S. The molecule has 0 spiro atoms. The highest BCUT2D eigenvalue weighted by molar-refractivity contribution is 8.93. The zero-order chi connectivity index (χ0) is 8.39. The van der Waals surface area contributed by atoms with E-state index in [1.54, 1.807) is 12.4 Å². The lowest BCUT2D eigenvalue weighted by Gasteiger charge is -1.91. The van der Waals surface area contributed by atoms with E-state index in [1.165, 1.54) is 11.3 Å². The molecule has 76 valence electrons. The molecule has 0 aliphatic rings. The van der Waals surface area contributed by atoms with Crippen molar-refractivity contribution in [3.8, 4) is 11.3 Å². The number of hydrogen-bond donors (Lipinski definition) is 1. The molecule has 6 heteroatoms. The van der Waals surface area contributed by atoms with Crippen molar-refractivity contribution in [2.45, 2.75) is 0 Å². The Morgan fingerprint density at radius 2 is 2.07 bits per heavy atom. The van der Waals surface area contributed by atoms with Gasteiger partial charge in [-0.1, -0.05) is 0 Å². The maximum atomic E-state index is 5.50. The van der Waals surface area contributed by atoms with Crippen molar-refractivity contribution in [3.05, 3.63) is 29.9 Å². The Bertz CT molecular complexity index is 377. The second-order valence-electron chi connectivity index (χ2n) is 2.31. The number of anilines is 1. The number of rotatable bonds is 1. The standard InChI is InChI=1S/C8H7N3S.2BrH/c9-8-11-7(5-12-8)6-2-1-3-10-4-6;;/h1-5H,(H2,9,11);2*1H. The molecule has 2 N–H and O–H groups in total. The van der Waals surface area contributed by atoms with Gasteiger partial charge in [-0.05, 0) is 12.1 Å². The second-order valence-corrected chi connectivity index (χ2v) is 3.20. The summed E-state index contributed by atoms with van der Waals surface area (Å²) < 4.78 is 0. The smallest absolute Gasteiger partial charge is 0.180 e. The first-order valence-electron chi connectivity index (χ1n) is 3.47. The fourth-order valence-corrected chi connectivity index (χ4v) is 1.51. The van der Waals surface area contributed by atoms with Crippen LogP contribution >= 0.6 is 45.3 Å². The van der Waals surface area contributed by atoms with E-state index in [9.17, 15) is 0 Å². The number of pyridine rings is 1. The van der Waals surface area contributed by atoms with Gasteiger partial charge in [0.15, 0.2) is 5.13 Å². The van der Waals surface area contributed by atoms with E-state index >= 15 is 0 Å². The minimum atomic E-state index is 0. The lowest BCUT2D eigenvalue weighted by molar-refractivity contribution is 1.31. The van der Waals surface area contributed by atoms with E-state index in [0.717, 1.165) is 11.3 Å². The zero-order valence-corrected chi connectivity index (χ0v) is 11.3. The van der Waals surface area contributed by atoms with Crippen molar-refractivity contribution < 1.29 is 0 Å². The molecular weight excluding hydrogens is 330 g/mol. The quantitative estimate of drug-likeness (QED) is 0.869. The first kappa shape index (κ1) is 13.5. The summed E-state index contributed by atoms with van der Waals surface area (Å²) in [4.78, 5) is 8.13. The molecule has 0 bridgehead atoms. The Morgan fingerprint density at radius 1 is 1.29 bits per heavy atom. The number of hydrogen-bond acceptors (Lipinski definition) is 4. The zero-order valence-electron chi connectivity index (χ0n) is 7.08. The van der Waals surface area contributed by atoms with Gasteiger partial charge in [-0.15, -0.1) is 45.3 Å². The van der Waals surface area contributed by atoms with Crippen molar-refractivity contribution >= 4 is 50.4 Å². The van der Waals surface area contributed by atoms with Crippen LogP contribution in [0.1, 0.15) is 0 Å². The van der Waals surface area contributed by atoms with E-state index < -0.39 is 0 Å². The molecule has 0 aliphatic carbocycles. The molecule has 0 radical (unpaired) electrons. The molecule has 0 aliphatic heterocycles. The maximum absolute atomic E-state index is 5.50. The maximum Gasteiger partial charge on any atom is 0.180 e. The predicted octanol–water partition coefficient (Wildman–Crippen LogP) is 2.94. The first-order valence-corrected chi connectivity index (χ1v) is 4.35. The van der Waals surface area contributed by atoms with Crippen LogP contribution in [0, 0.1) is 0 Å². The average molecular weight is 339 g/mol. The van der Waals surface area contributed by atoms with Gasteiger partial charge in [0.05, 0.1) is 5.69 Å². The van der Waals surface area contributed by atoms with Crippen LogP contribution in [0.4, 0.5) is 5.13 Å². The number of aromatic nitrogens is 2. The highest BCUT2D eigenvalue weighted by Crippen LogP contribution is 2.21. The Labute approximate surface area is 107 Å². The van der Waals surface area contributed by atoms with Gasteiger partial charge < -0.3 is 5.73 Å². The number of nitrogens with zero attached hydrogens (tertiary/aromatic N) is 2. The summed E-state index contributed by atoms with van der Waals surface area (Å²) in [5.74, 6) is 0. The van der Waals surface area contributed by atoms with Crippen molar-refractivity contribution in [1.29, 1.82) is 0 Å². The van der Waals surface area contributed by atoms with E-state index in [4.69, 9.17) is 5.73 Å². The number of nitrogens with two attached hydrogens (primary N) is 1. The van der Waals surface area contributed by atoms with Crippen molar-refractivity contribution in [1.82, 2.24) is 9.97 Å². The summed E-state index contributed by atoms with van der Waals surface area (Å²) in [6.07, 6.45) is 3.51. The molecule has 0 saturated carbocycles. The predicted molar refractivity (Wildman–Crippen MR) is 70.4 cm³/mol. The summed E-state index contributed by atoms with van der Waals surface area (Å²) in [5, 5.41) is 2.51. The molecule has 0 aromatic carbocycles. The molecule has 0 unspecified atom stereocenters. The highest BCUT2D eigenvalue weighted by Gasteiger charge is 2.00. The van der Waals surface area contributed by atoms with Crippen LogP contribution in [0.5, 0.6) is 0 Å². The number of nitrogen functional groups attached to an aromatic ring is 1. The van der Waals surface area contributed by atoms with E-state index in [-0.39, 0.29) is 34.0 Å². The SMILES string of the molecule is Br.Br.Nc1nc(-c2cccnc2)cs1.